The minimum Gasteiger partial charge on any atom is -0.228 e. The van der Waals surface area contributed by atoms with Gasteiger partial charge in [0.05, 0.1) is 16.8 Å². The molecular weight excluding hydrogens is 713 g/mol. The Hall–Kier alpha value is -6.90. The Kier molecular flexibility index (Phi) is 7.97. The van der Waals surface area contributed by atoms with Gasteiger partial charge in [0.25, 0.3) is 0 Å². The summed E-state index contributed by atoms with van der Waals surface area (Å²) in [5.74, 6) is 0.715. The fraction of sp³-hybridized carbons (Fsp3) is 0.123. The molecule has 0 saturated carbocycles. The second-order valence-corrected chi connectivity index (χ2v) is 16.8. The third kappa shape index (κ3) is 5.19. The van der Waals surface area contributed by atoms with Gasteiger partial charge >= 0.3 is 0 Å². The number of hydrogen-bond acceptors (Lipinski definition) is 2. The van der Waals surface area contributed by atoms with E-state index in [9.17, 15) is 0 Å². The van der Waals surface area contributed by atoms with Gasteiger partial charge in [-0.3, -0.25) is 0 Å². The lowest BCUT2D eigenvalue weighted by molar-refractivity contribution is 0.639. The van der Waals surface area contributed by atoms with Crippen molar-refractivity contribution >= 4 is 5.57 Å². The summed E-state index contributed by atoms with van der Waals surface area (Å²) in [5, 5.41) is 0. The van der Waals surface area contributed by atoms with Crippen molar-refractivity contribution in [2.24, 2.45) is 0 Å². The molecule has 11 rings (SSSR count). The molecule has 2 nitrogen and oxygen atoms in total. The quantitative estimate of drug-likeness (QED) is 0.169. The van der Waals surface area contributed by atoms with Crippen molar-refractivity contribution in [2.45, 2.75) is 44.9 Å². The van der Waals surface area contributed by atoms with Crippen LogP contribution in [0.25, 0.3) is 72.9 Å². The van der Waals surface area contributed by atoms with Crippen molar-refractivity contribution in [3.05, 3.63) is 221 Å². The van der Waals surface area contributed by atoms with Crippen molar-refractivity contribution in [1.82, 2.24) is 9.97 Å². The van der Waals surface area contributed by atoms with E-state index in [2.05, 4.69) is 210 Å². The van der Waals surface area contributed by atoms with Gasteiger partial charge < -0.3 is 0 Å². The van der Waals surface area contributed by atoms with Gasteiger partial charge in [-0.15, -0.1) is 0 Å². The highest BCUT2D eigenvalue weighted by molar-refractivity contribution is 5.96. The summed E-state index contributed by atoms with van der Waals surface area (Å²) in [7, 11) is 0. The number of hydrogen-bond donors (Lipinski definition) is 0. The van der Waals surface area contributed by atoms with Crippen molar-refractivity contribution in [1.29, 1.82) is 0 Å². The minimum atomic E-state index is -0.389. The zero-order valence-corrected chi connectivity index (χ0v) is 33.9. The van der Waals surface area contributed by atoms with E-state index in [0.29, 0.717) is 5.82 Å². The third-order valence-corrected chi connectivity index (χ3v) is 13.4. The molecule has 7 aromatic carbocycles. The molecule has 1 aromatic heterocycles. The summed E-state index contributed by atoms with van der Waals surface area (Å²) in [5.41, 5.74) is 22.9. The van der Waals surface area contributed by atoms with Gasteiger partial charge in [0, 0.05) is 22.1 Å². The van der Waals surface area contributed by atoms with Crippen LogP contribution in [0, 0.1) is 0 Å². The van der Waals surface area contributed by atoms with Gasteiger partial charge in [0.15, 0.2) is 5.82 Å². The maximum Gasteiger partial charge on any atom is 0.160 e. The monoisotopic (exact) mass is 756 g/mol. The second kappa shape index (κ2) is 13.3. The molecule has 8 aromatic rings. The van der Waals surface area contributed by atoms with E-state index in [0.717, 1.165) is 40.1 Å². The summed E-state index contributed by atoms with van der Waals surface area (Å²) in [6.45, 7) is 9.16. The van der Waals surface area contributed by atoms with Gasteiger partial charge in [-0.2, -0.15) is 0 Å². The highest BCUT2D eigenvalue weighted by atomic mass is 14.9. The highest BCUT2D eigenvalue weighted by Gasteiger charge is 2.51. The molecule has 0 amide bonds. The molecule has 0 saturated heterocycles. The number of allylic oxidation sites excluding steroid dienone is 4. The van der Waals surface area contributed by atoms with Crippen LogP contribution in [0.4, 0.5) is 0 Å². The predicted octanol–water partition coefficient (Wildman–Crippen LogP) is 14.5. The maximum absolute atomic E-state index is 5.35. The normalized spacial score (nSPS) is 15.0. The Morgan fingerprint density at radius 3 is 1.61 bits per heavy atom. The van der Waals surface area contributed by atoms with E-state index < -0.39 is 0 Å². The fourth-order valence-corrected chi connectivity index (χ4v) is 10.2. The van der Waals surface area contributed by atoms with Crippen molar-refractivity contribution in [2.75, 3.05) is 0 Å². The molecule has 0 bridgehead atoms. The first-order valence-electron chi connectivity index (χ1n) is 20.9. The summed E-state index contributed by atoms with van der Waals surface area (Å²) < 4.78 is 0. The number of fused-ring (bicyclic) bond motifs is 11. The SMILES string of the molecule is CC/C=C\C1=C(C)C(C)(C)c2cc(-c3cc(-c4ccccc4)nc(-c4cccc(-c5ccc6c(c5)C5(c7ccccc7-c7ccccc75)c5ccccc5-6)c4)n3)ccc21. The molecule has 0 N–H and O–H groups in total. The van der Waals surface area contributed by atoms with Crippen molar-refractivity contribution in [3.63, 3.8) is 0 Å². The molecule has 282 valence electrons. The van der Waals surface area contributed by atoms with Gasteiger partial charge in [0.1, 0.15) is 0 Å². The first-order valence-corrected chi connectivity index (χ1v) is 20.9. The number of aromatic nitrogens is 2. The smallest absolute Gasteiger partial charge is 0.160 e. The Balaban J connectivity index is 1.05. The van der Waals surface area contributed by atoms with Crippen molar-refractivity contribution < 1.29 is 0 Å². The average Bonchev–Trinajstić information content (AvgIpc) is 3.83. The van der Waals surface area contributed by atoms with Gasteiger partial charge in [-0.25, -0.2) is 9.97 Å². The summed E-state index contributed by atoms with van der Waals surface area (Å²) in [6.07, 6.45) is 5.58. The Bertz CT molecular complexity index is 3010. The lowest BCUT2D eigenvalue weighted by atomic mass is 9.70. The van der Waals surface area contributed by atoms with Gasteiger partial charge in [0.2, 0.25) is 0 Å². The minimum absolute atomic E-state index is 0.0797. The zero-order valence-electron chi connectivity index (χ0n) is 33.9. The third-order valence-electron chi connectivity index (χ3n) is 13.4. The standard InChI is InChI=1S/C57H44N2/c1-5-6-21-42-36(2)56(3,4)51-34-40(29-31-46(42)51)54-35-53(37-17-8-7-9-18-37)58-55(59-54)41-20-16-19-38(32-41)39-28-30-47-45-24-12-15-27-50(45)57(52(47)33-39)48-25-13-10-22-43(48)44-23-11-14-26-49(44)57/h6-35H,5H2,1-4H3/b21-6-. The van der Waals surface area contributed by atoms with Crippen LogP contribution in [0.15, 0.2) is 188 Å². The Labute approximate surface area is 347 Å². The fourth-order valence-electron chi connectivity index (χ4n) is 10.2. The predicted molar refractivity (Wildman–Crippen MR) is 245 cm³/mol. The van der Waals surface area contributed by atoms with Crippen LogP contribution in [0.5, 0.6) is 0 Å². The molecule has 0 atom stereocenters. The number of benzene rings is 7. The van der Waals surface area contributed by atoms with Crippen LogP contribution in [0.3, 0.4) is 0 Å². The molecule has 3 aliphatic carbocycles. The molecule has 0 unspecified atom stereocenters. The maximum atomic E-state index is 5.35. The number of nitrogens with zero attached hydrogens (tertiary/aromatic N) is 2. The number of rotatable bonds is 6. The van der Waals surface area contributed by atoms with Gasteiger partial charge in [-0.1, -0.05) is 184 Å². The summed E-state index contributed by atoms with van der Waals surface area (Å²) in [4.78, 5) is 10.6. The molecule has 0 fully saturated rings. The van der Waals surface area contributed by atoms with Crippen molar-refractivity contribution in [3.8, 4) is 67.3 Å². The van der Waals surface area contributed by atoms with Gasteiger partial charge in [-0.05, 0) is 110 Å². The van der Waals surface area contributed by atoms with E-state index in [-0.39, 0.29) is 10.8 Å². The van der Waals surface area contributed by atoms with E-state index in [1.54, 1.807) is 0 Å². The molecule has 2 heteroatoms. The zero-order chi connectivity index (χ0) is 39.9. The van der Waals surface area contributed by atoms with E-state index >= 15 is 0 Å². The molecular formula is C57H44N2. The van der Waals surface area contributed by atoms with Crippen LogP contribution >= 0.6 is 0 Å². The lowest BCUT2D eigenvalue weighted by Gasteiger charge is -2.30. The van der Waals surface area contributed by atoms with Crippen LogP contribution in [-0.2, 0) is 10.8 Å². The Morgan fingerprint density at radius 1 is 0.441 bits per heavy atom. The largest absolute Gasteiger partial charge is 0.228 e. The first-order chi connectivity index (χ1) is 28.9. The average molecular weight is 757 g/mol. The molecule has 3 aliphatic rings. The van der Waals surface area contributed by atoms with E-state index in [4.69, 9.17) is 9.97 Å². The molecule has 0 aliphatic heterocycles. The van der Waals surface area contributed by atoms with Crippen LogP contribution in [0.2, 0.25) is 0 Å². The highest BCUT2D eigenvalue weighted by Crippen LogP contribution is 2.63. The Morgan fingerprint density at radius 2 is 0.949 bits per heavy atom. The lowest BCUT2D eigenvalue weighted by Crippen LogP contribution is -2.25. The molecule has 0 radical (unpaired) electrons. The molecule has 59 heavy (non-hydrogen) atoms. The molecule has 1 heterocycles. The van der Waals surface area contributed by atoms with Crippen LogP contribution in [-0.4, -0.2) is 9.97 Å². The van der Waals surface area contributed by atoms with E-state index in [1.165, 1.54) is 72.3 Å². The summed E-state index contributed by atoms with van der Waals surface area (Å²) >= 11 is 0. The topological polar surface area (TPSA) is 25.8 Å². The second-order valence-electron chi connectivity index (χ2n) is 16.8. The van der Waals surface area contributed by atoms with Crippen LogP contribution in [0.1, 0.15) is 67.5 Å². The first kappa shape index (κ1) is 35.3. The molecule has 1 spiro atoms. The van der Waals surface area contributed by atoms with E-state index in [1.807, 2.05) is 0 Å². The van der Waals surface area contributed by atoms with Crippen LogP contribution < -0.4 is 0 Å². The summed E-state index contributed by atoms with van der Waals surface area (Å²) in [6, 6.07) is 62.4.